The maximum atomic E-state index is 13.4. The molecule has 0 aliphatic heterocycles. The first kappa shape index (κ1) is 24.7. The first-order valence-electron chi connectivity index (χ1n) is 11.5. The summed E-state index contributed by atoms with van der Waals surface area (Å²) < 4.78 is 34.5. The molecule has 1 aliphatic carbocycles. The summed E-state index contributed by atoms with van der Waals surface area (Å²) in [6.45, 7) is 5.24. The number of amides is 2. The van der Waals surface area contributed by atoms with Gasteiger partial charge in [-0.25, -0.2) is 13.2 Å². The Balaban J connectivity index is 1.86. The van der Waals surface area contributed by atoms with E-state index in [0.29, 0.717) is 35.9 Å². The van der Waals surface area contributed by atoms with Gasteiger partial charge >= 0.3 is 6.03 Å². The highest BCUT2D eigenvalue weighted by atomic mass is 32.2. The number of carbonyl (C=O) groups is 1. The van der Waals surface area contributed by atoms with Crippen LogP contribution in [0.3, 0.4) is 0 Å². The second kappa shape index (κ2) is 11.3. The molecule has 8 nitrogen and oxygen atoms in total. The molecule has 2 aromatic carbocycles. The van der Waals surface area contributed by atoms with Crippen LogP contribution < -0.4 is 25.0 Å². The lowest BCUT2D eigenvalue weighted by Gasteiger charge is -2.25. The molecule has 180 valence electrons. The number of rotatable bonds is 9. The monoisotopic (exact) mass is 474 g/mol. The van der Waals surface area contributed by atoms with Crippen molar-refractivity contribution in [1.29, 1.82) is 0 Å². The first-order valence-corrected chi connectivity index (χ1v) is 13.0. The van der Waals surface area contributed by atoms with Crippen LogP contribution in [0.2, 0.25) is 0 Å². The molecular formula is C24H34N4O4S. The number of sulfonamides is 1. The zero-order chi connectivity index (χ0) is 23.8. The van der Waals surface area contributed by atoms with Crippen LogP contribution in [0.1, 0.15) is 46.0 Å². The van der Waals surface area contributed by atoms with Crippen molar-refractivity contribution in [3.05, 3.63) is 42.5 Å². The van der Waals surface area contributed by atoms with Crippen LogP contribution in [-0.2, 0) is 10.0 Å². The van der Waals surface area contributed by atoms with Crippen molar-refractivity contribution in [3.8, 4) is 5.75 Å². The van der Waals surface area contributed by atoms with E-state index in [1.807, 2.05) is 18.7 Å². The van der Waals surface area contributed by atoms with Crippen molar-refractivity contribution in [3.63, 3.8) is 0 Å². The van der Waals surface area contributed by atoms with Crippen LogP contribution in [0.4, 0.5) is 21.9 Å². The lowest BCUT2D eigenvalue weighted by atomic mass is 9.96. The second-order valence-electron chi connectivity index (χ2n) is 8.12. The number of methoxy groups -OCH3 is 1. The number of benzene rings is 2. The molecule has 0 radical (unpaired) electrons. The maximum Gasteiger partial charge on any atom is 0.319 e. The van der Waals surface area contributed by atoms with E-state index < -0.39 is 10.0 Å². The van der Waals surface area contributed by atoms with Crippen LogP contribution in [0.25, 0.3) is 0 Å². The van der Waals surface area contributed by atoms with E-state index in [4.69, 9.17) is 4.74 Å². The molecule has 0 aromatic heterocycles. The Labute approximate surface area is 196 Å². The standard InChI is InChI=1S/C24H34N4O4S/c1-4-28(5-2)22-16-13-20(26-24(29)25-18-9-7-6-8-10-18)17-23(22)33(30,31)27-19-11-14-21(32-3)15-12-19/h11-18,27H,4-10H2,1-3H3,(H2,25,26,29). The van der Waals surface area contributed by atoms with Gasteiger partial charge in [0, 0.05) is 30.5 Å². The molecule has 0 bridgehead atoms. The Morgan fingerprint density at radius 1 is 1.00 bits per heavy atom. The summed E-state index contributed by atoms with van der Waals surface area (Å²) in [7, 11) is -2.36. The van der Waals surface area contributed by atoms with Gasteiger partial charge < -0.3 is 20.3 Å². The highest BCUT2D eigenvalue weighted by Gasteiger charge is 2.23. The Bertz CT molecular complexity index is 1030. The third kappa shape index (κ3) is 6.54. The van der Waals surface area contributed by atoms with Gasteiger partial charge in [-0.1, -0.05) is 19.3 Å². The molecule has 1 fully saturated rings. The number of nitrogens with zero attached hydrogens (tertiary/aromatic N) is 1. The lowest BCUT2D eigenvalue weighted by molar-refractivity contribution is 0.244. The zero-order valence-electron chi connectivity index (χ0n) is 19.6. The van der Waals surface area contributed by atoms with Crippen molar-refractivity contribution in [1.82, 2.24) is 5.32 Å². The average molecular weight is 475 g/mol. The number of carbonyl (C=O) groups excluding carboxylic acids is 1. The van der Waals surface area contributed by atoms with E-state index >= 15 is 0 Å². The minimum atomic E-state index is -3.92. The number of nitrogens with one attached hydrogen (secondary N) is 3. The molecule has 2 aromatic rings. The van der Waals surface area contributed by atoms with E-state index in [-0.39, 0.29) is 17.0 Å². The van der Waals surface area contributed by atoms with Gasteiger partial charge in [0.1, 0.15) is 10.6 Å². The Hall–Kier alpha value is -2.94. The fourth-order valence-corrected chi connectivity index (χ4v) is 5.41. The smallest absolute Gasteiger partial charge is 0.319 e. The van der Waals surface area contributed by atoms with Crippen LogP contribution in [0.15, 0.2) is 47.4 Å². The summed E-state index contributed by atoms with van der Waals surface area (Å²) in [6, 6.07) is 11.5. The normalized spacial score (nSPS) is 14.4. The number of anilines is 3. The molecule has 0 spiro atoms. The minimum Gasteiger partial charge on any atom is -0.497 e. The molecule has 1 saturated carbocycles. The molecular weight excluding hydrogens is 440 g/mol. The van der Waals surface area contributed by atoms with Gasteiger partial charge in [0.05, 0.1) is 12.8 Å². The predicted octanol–water partition coefficient (Wildman–Crippen LogP) is 4.80. The van der Waals surface area contributed by atoms with E-state index in [2.05, 4.69) is 15.4 Å². The summed E-state index contributed by atoms with van der Waals surface area (Å²) in [5, 5.41) is 5.80. The summed E-state index contributed by atoms with van der Waals surface area (Å²) in [6.07, 6.45) is 5.38. The fourth-order valence-electron chi connectivity index (χ4n) is 4.10. The van der Waals surface area contributed by atoms with Gasteiger partial charge in [0.15, 0.2) is 0 Å². The van der Waals surface area contributed by atoms with Crippen LogP contribution in [0, 0.1) is 0 Å². The molecule has 0 atom stereocenters. The van der Waals surface area contributed by atoms with Crippen LogP contribution in [-0.4, -0.2) is 40.7 Å². The van der Waals surface area contributed by atoms with Gasteiger partial charge in [-0.3, -0.25) is 4.72 Å². The van der Waals surface area contributed by atoms with Crippen molar-refractivity contribution in [2.45, 2.75) is 56.9 Å². The van der Waals surface area contributed by atoms with Gasteiger partial charge in [0.25, 0.3) is 10.0 Å². The maximum absolute atomic E-state index is 13.4. The first-order chi connectivity index (χ1) is 15.9. The SMILES string of the molecule is CCN(CC)c1ccc(NC(=O)NC2CCCCC2)cc1S(=O)(=O)Nc1ccc(OC)cc1. The third-order valence-corrected chi connectivity index (χ3v) is 7.30. The Morgan fingerprint density at radius 3 is 2.24 bits per heavy atom. The zero-order valence-corrected chi connectivity index (χ0v) is 20.4. The quantitative estimate of drug-likeness (QED) is 0.485. The highest BCUT2D eigenvalue weighted by Crippen LogP contribution is 2.30. The number of hydrogen-bond donors (Lipinski definition) is 3. The van der Waals surface area contributed by atoms with Crippen LogP contribution in [0.5, 0.6) is 5.75 Å². The second-order valence-corrected chi connectivity index (χ2v) is 9.77. The molecule has 3 rings (SSSR count). The van der Waals surface area contributed by atoms with E-state index in [0.717, 1.165) is 25.7 Å². The van der Waals surface area contributed by atoms with Crippen molar-refractivity contribution < 1.29 is 17.9 Å². The molecule has 9 heteroatoms. The highest BCUT2D eigenvalue weighted by molar-refractivity contribution is 7.92. The summed E-state index contributed by atoms with van der Waals surface area (Å²) in [5.74, 6) is 0.636. The molecule has 2 amide bonds. The van der Waals surface area contributed by atoms with Crippen molar-refractivity contribution in [2.75, 3.05) is 35.1 Å². The summed E-state index contributed by atoms with van der Waals surface area (Å²) in [4.78, 5) is 14.6. The van der Waals surface area contributed by atoms with Gasteiger partial charge in [0.2, 0.25) is 0 Å². The number of ether oxygens (including phenoxy) is 1. The topological polar surface area (TPSA) is 99.8 Å². The van der Waals surface area contributed by atoms with Crippen molar-refractivity contribution in [2.24, 2.45) is 0 Å². The Kier molecular flexibility index (Phi) is 8.43. The predicted molar refractivity (Wildman–Crippen MR) is 133 cm³/mol. The Morgan fingerprint density at radius 2 is 1.64 bits per heavy atom. The molecule has 3 N–H and O–H groups in total. The third-order valence-electron chi connectivity index (χ3n) is 5.89. The van der Waals surface area contributed by atoms with E-state index in [1.54, 1.807) is 43.5 Å². The number of hydrogen-bond acceptors (Lipinski definition) is 5. The number of urea groups is 1. The van der Waals surface area contributed by atoms with Gasteiger partial charge in [-0.15, -0.1) is 0 Å². The van der Waals surface area contributed by atoms with Gasteiger partial charge in [-0.2, -0.15) is 0 Å². The molecule has 33 heavy (non-hydrogen) atoms. The molecule has 0 unspecified atom stereocenters. The van der Waals surface area contributed by atoms with E-state index in [1.165, 1.54) is 12.5 Å². The largest absolute Gasteiger partial charge is 0.497 e. The van der Waals surface area contributed by atoms with Crippen LogP contribution >= 0.6 is 0 Å². The summed E-state index contributed by atoms with van der Waals surface area (Å²) >= 11 is 0. The lowest BCUT2D eigenvalue weighted by Crippen LogP contribution is -2.39. The van der Waals surface area contributed by atoms with Crippen molar-refractivity contribution >= 4 is 33.1 Å². The summed E-state index contributed by atoms with van der Waals surface area (Å²) in [5.41, 5.74) is 1.43. The average Bonchev–Trinajstić information content (AvgIpc) is 2.81. The molecule has 1 aliphatic rings. The minimum absolute atomic E-state index is 0.109. The molecule has 0 heterocycles. The molecule has 0 saturated heterocycles. The van der Waals surface area contributed by atoms with E-state index in [9.17, 15) is 13.2 Å². The van der Waals surface area contributed by atoms with Gasteiger partial charge in [-0.05, 0) is 69.2 Å². The fraction of sp³-hybridized carbons (Fsp3) is 0.458.